The number of aromatic nitrogens is 1. The summed E-state index contributed by atoms with van der Waals surface area (Å²) >= 11 is 0. The van der Waals surface area contributed by atoms with E-state index >= 15 is 0 Å². The number of rotatable bonds is 4. The number of methoxy groups -OCH3 is 1. The summed E-state index contributed by atoms with van der Waals surface area (Å²) in [6.45, 7) is 0. The number of hydrogen-bond donors (Lipinski definition) is 2. The molecule has 1 amide bonds. The Bertz CT molecular complexity index is 616. The summed E-state index contributed by atoms with van der Waals surface area (Å²) in [6.07, 6.45) is 3.05. The van der Waals surface area contributed by atoms with Crippen molar-refractivity contribution in [1.29, 1.82) is 0 Å². The highest BCUT2D eigenvalue weighted by atomic mass is 16.5. The largest absolute Gasteiger partial charge is 0.495 e. The lowest BCUT2D eigenvalue weighted by molar-refractivity contribution is 0.0993. The second-order valence-corrected chi connectivity index (χ2v) is 4.10. The molecule has 0 bridgehead atoms. The number of nitrogens with two attached hydrogens (primary N) is 1. The van der Waals surface area contributed by atoms with E-state index in [-0.39, 0.29) is 5.91 Å². The zero-order valence-electron chi connectivity index (χ0n) is 11.3. The molecule has 0 aliphatic rings. The number of amides is 1. The fourth-order valence-electron chi connectivity index (χ4n) is 1.89. The SMILES string of the molecule is COc1ccccc1N(C)C(=O)c1ccncc1NN. The van der Waals surface area contributed by atoms with Gasteiger partial charge in [-0.05, 0) is 18.2 Å². The molecule has 0 atom stereocenters. The Morgan fingerprint density at radius 1 is 1.35 bits per heavy atom. The van der Waals surface area contributed by atoms with Gasteiger partial charge in [-0.15, -0.1) is 0 Å². The number of nitrogen functional groups attached to an aromatic ring is 1. The van der Waals surface area contributed by atoms with Crippen molar-refractivity contribution in [3.05, 3.63) is 48.3 Å². The molecule has 2 rings (SSSR count). The summed E-state index contributed by atoms with van der Waals surface area (Å²) in [6, 6.07) is 8.92. The van der Waals surface area contributed by atoms with Crippen LogP contribution in [-0.2, 0) is 0 Å². The lowest BCUT2D eigenvalue weighted by Gasteiger charge is -2.20. The highest BCUT2D eigenvalue weighted by Gasteiger charge is 2.19. The van der Waals surface area contributed by atoms with Crippen molar-refractivity contribution in [1.82, 2.24) is 4.98 Å². The molecule has 2 aromatic rings. The van der Waals surface area contributed by atoms with Gasteiger partial charge in [0.15, 0.2) is 0 Å². The van der Waals surface area contributed by atoms with E-state index in [0.717, 1.165) is 0 Å². The number of nitrogens with one attached hydrogen (secondary N) is 1. The van der Waals surface area contributed by atoms with E-state index in [1.807, 2.05) is 18.2 Å². The Morgan fingerprint density at radius 3 is 2.80 bits per heavy atom. The summed E-state index contributed by atoms with van der Waals surface area (Å²) in [5.41, 5.74) is 4.06. The highest BCUT2D eigenvalue weighted by Crippen LogP contribution is 2.28. The molecule has 6 heteroatoms. The first-order valence-electron chi connectivity index (χ1n) is 6.00. The molecule has 6 nitrogen and oxygen atoms in total. The molecular weight excluding hydrogens is 256 g/mol. The zero-order valence-corrected chi connectivity index (χ0v) is 11.3. The van der Waals surface area contributed by atoms with Crippen LogP contribution in [0.15, 0.2) is 42.7 Å². The van der Waals surface area contributed by atoms with Gasteiger partial charge in [0.2, 0.25) is 0 Å². The van der Waals surface area contributed by atoms with Gasteiger partial charge >= 0.3 is 0 Å². The van der Waals surface area contributed by atoms with Crippen molar-refractivity contribution in [2.75, 3.05) is 24.5 Å². The van der Waals surface area contributed by atoms with E-state index in [1.54, 1.807) is 32.5 Å². The van der Waals surface area contributed by atoms with Gasteiger partial charge < -0.3 is 15.1 Å². The van der Waals surface area contributed by atoms with Gasteiger partial charge in [-0.3, -0.25) is 15.6 Å². The average molecular weight is 272 g/mol. The molecule has 0 fully saturated rings. The minimum Gasteiger partial charge on any atom is -0.495 e. The number of ether oxygens (including phenoxy) is 1. The number of anilines is 2. The minimum absolute atomic E-state index is 0.204. The van der Waals surface area contributed by atoms with Gasteiger partial charge in [-0.25, -0.2) is 0 Å². The number of pyridine rings is 1. The summed E-state index contributed by atoms with van der Waals surface area (Å²) in [5.74, 6) is 5.82. The lowest BCUT2D eigenvalue weighted by atomic mass is 10.2. The van der Waals surface area contributed by atoms with Crippen molar-refractivity contribution >= 4 is 17.3 Å². The molecule has 0 radical (unpaired) electrons. The van der Waals surface area contributed by atoms with Crippen molar-refractivity contribution in [3.8, 4) is 5.75 Å². The summed E-state index contributed by atoms with van der Waals surface area (Å²) < 4.78 is 5.26. The number of benzene rings is 1. The summed E-state index contributed by atoms with van der Waals surface area (Å²) in [4.78, 5) is 18.0. The van der Waals surface area contributed by atoms with Gasteiger partial charge in [0.05, 0.1) is 30.2 Å². The fraction of sp³-hybridized carbons (Fsp3) is 0.143. The molecule has 104 valence electrons. The second kappa shape index (κ2) is 6.03. The molecule has 0 spiro atoms. The van der Waals surface area contributed by atoms with E-state index in [0.29, 0.717) is 22.7 Å². The van der Waals surface area contributed by atoms with Gasteiger partial charge in [0.1, 0.15) is 5.75 Å². The number of hydrazine groups is 1. The number of nitrogens with zero attached hydrogens (tertiary/aromatic N) is 2. The predicted octanol–water partition coefficient (Wildman–Crippen LogP) is 1.65. The summed E-state index contributed by atoms with van der Waals surface area (Å²) in [5, 5.41) is 0. The van der Waals surface area contributed by atoms with E-state index < -0.39 is 0 Å². The molecule has 0 aliphatic heterocycles. The molecule has 3 N–H and O–H groups in total. The van der Waals surface area contributed by atoms with Crippen LogP contribution in [0.1, 0.15) is 10.4 Å². The van der Waals surface area contributed by atoms with E-state index in [4.69, 9.17) is 10.6 Å². The van der Waals surface area contributed by atoms with Crippen molar-refractivity contribution < 1.29 is 9.53 Å². The van der Waals surface area contributed by atoms with Crippen LogP contribution in [0.4, 0.5) is 11.4 Å². The van der Waals surface area contributed by atoms with Gasteiger partial charge in [-0.2, -0.15) is 0 Å². The van der Waals surface area contributed by atoms with Crippen LogP contribution in [0, 0.1) is 0 Å². The first kappa shape index (κ1) is 13.8. The third-order valence-corrected chi connectivity index (χ3v) is 2.96. The van der Waals surface area contributed by atoms with Gasteiger partial charge in [0, 0.05) is 13.2 Å². The molecule has 1 aromatic carbocycles. The van der Waals surface area contributed by atoms with E-state index in [1.165, 1.54) is 11.1 Å². The van der Waals surface area contributed by atoms with Crippen LogP contribution in [0.25, 0.3) is 0 Å². The maximum Gasteiger partial charge on any atom is 0.260 e. The number of carbonyl (C=O) groups is 1. The Balaban J connectivity index is 2.38. The Kier molecular flexibility index (Phi) is 4.17. The third kappa shape index (κ3) is 2.55. The van der Waals surface area contributed by atoms with Gasteiger partial charge in [-0.1, -0.05) is 12.1 Å². The number of para-hydroxylation sites is 2. The molecule has 20 heavy (non-hydrogen) atoms. The monoisotopic (exact) mass is 272 g/mol. The fourth-order valence-corrected chi connectivity index (χ4v) is 1.89. The average Bonchev–Trinajstić information content (AvgIpc) is 2.53. The van der Waals surface area contributed by atoms with Crippen molar-refractivity contribution in [3.63, 3.8) is 0 Å². The van der Waals surface area contributed by atoms with Crippen LogP contribution < -0.4 is 20.9 Å². The highest BCUT2D eigenvalue weighted by molar-refractivity contribution is 6.09. The van der Waals surface area contributed by atoms with E-state index in [2.05, 4.69) is 10.4 Å². The smallest absolute Gasteiger partial charge is 0.260 e. The number of hydrogen-bond acceptors (Lipinski definition) is 5. The standard InChI is InChI=1S/C14H16N4O2/c1-18(12-5-3-4-6-13(12)20-2)14(19)10-7-8-16-9-11(10)17-15/h3-9,17H,15H2,1-2H3. The zero-order chi connectivity index (χ0) is 14.5. The Morgan fingerprint density at radius 2 is 2.10 bits per heavy atom. The maximum absolute atomic E-state index is 12.5. The second-order valence-electron chi connectivity index (χ2n) is 4.10. The quantitative estimate of drug-likeness (QED) is 0.653. The van der Waals surface area contributed by atoms with Crippen LogP contribution in [0.5, 0.6) is 5.75 Å². The third-order valence-electron chi connectivity index (χ3n) is 2.96. The normalized spacial score (nSPS) is 9.95. The number of carbonyl (C=O) groups excluding carboxylic acids is 1. The van der Waals surface area contributed by atoms with Crippen molar-refractivity contribution in [2.45, 2.75) is 0 Å². The van der Waals surface area contributed by atoms with Crippen LogP contribution in [0.3, 0.4) is 0 Å². The van der Waals surface area contributed by atoms with Crippen LogP contribution in [-0.4, -0.2) is 25.0 Å². The molecule has 1 heterocycles. The Labute approximate surface area is 117 Å². The minimum atomic E-state index is -0.204. The van der Waals surface area contributed by atoms with Crippen molar-refractivity contribution in [2.24, 2.45) is 5.84 Å². The lowest BCUT2D eigenvalue weighted by Crippen LogP contribution is -2.28. The van der Waals surface area contributed by atoms with Crippen LogP contribution >= 0.6 is 0 Å². The molecule has 0 aliphatic carbocycles. The Hall–Kier alpha value is -2.60. The van der Waals surface area contributed by atoms with E-state index in [9.17, 15) is 4.79 Å². The predicted molar refractivity (Wildman–Crippen MR) is 77.8 cm³/mol. The van der Waals surface area contributed by atoms with Crippen LogP contribution in [0.2, 0.25) is 0 Å². The first-order chi connectivity index (χ1) is 9.69. The molecular formula is C14H16N4O2. The first-order valence-corrected chi connectivity index (χ1v) is 6.00. The molecule has 1 aromatic heterocycles. The molecule has 0 saturated carbocycles. The van der Waals surface area contributed by atoms with Gasteiger partial charge in [0.25, 0.3) is 5.91 Å². The summed E-state index contributed by atoms with van der Waals surface area (Å²) in [7, 11) is 3.25. The topological polar surface area (TPSA) is 80.5 Å². The molecule has 0 saturated heterocycles. The maximum atomic E-state index is 12.5. The molecule has 0 unspecified atom stereocenters.